The molecule has 0 aliphatic rings. The SMILES string of the molecule is CNc1nc2cc(-c3cccc(CNC(=O)C(C)(C)c4ccccc4)c3)sc2c2c1ncn2C. The van der Waals surface area contributed by atoms with E-state index in [0.29, 0.717) is 6.54 Å². The molecule has 2 N–H and O–H groups in total. The Hall–Kier alpha value is -3.71. The lowest BCUT2D eigenvalue weighted by Crippen LogP contribution is -2.39. The Morgan fingerprint density at radius 1 is 1.09 bits per heavy atom. The van der Waals surface area contributed by atoms with Crippen LogP contribution in [0.4, 0.5) is 5.82 Å². The van der Waals surface area contributed by atoms with Crippen LogP contribution in [0.15, 0.2) is 67.0 Å². The molecule has 34 heavy (non-hydrogen) atoms. The Balaban J connectivity index is 1.42. The summed E-state index contributed by atoms with van der Waals surface area (Å²) in [7, 11) is 3.88. The molecule has 3 aromatic heterocycles. The number of carbonyl (C=O) groups is 1. The summed E-state index contributed by atoms with van der Waals surface area (Å²) in [6.45, 7) is 4.38. The molecule has 0 atom stereocenters. The van der Waals surface area contributed by atoms with E-state index in [9.17, 15) is 4.79 Å². The summed E-state index contributed by atoms with van der Waals surface area (Å²) in [5, 5.41) is 6.28. The smallest absolute Gasteiger partial charge is 0.230 e. The van der Waals surface area contributed by atoms with Crippen LogP contribution in [0.3, 0.4) is 0 Å². The van der Waals surface area contributed by atoms with Gasteiger partial charge in [0.1, 0.15) is 5.52 Å². The van der Waals surface area contributed by atoms with Crippen molar-refractivity contribution in [3.8, 4) is 10.4 Å². The first-order chi connectivity index (χ1) is 16.4. The number of amides is 1. The number of imidazole rings is 1. The van der Waals surface area contributed by atoms with Gasteiger partial charge < -0.3 is 15.2 Å². The highest BCUT2D eigenvalue weighted by molar-refractivity contribution is 7.23. The van der Waals surface area contributed by atoms with Gasteiger partial charge in [0.05, 0.1) is 27.5 Å². The number of fused-ring (bicyclic) bond motifs is 3. The third-order valence-electron chi connectivity index (χ3n) is 6.29. The minimum absolute atomic E-state index is 0.00774. The maximum absolute atomic E-state index is 13.0. The molecule has 3 heterocycles. The molecule has 2 aromatic carbocycles. The van der Waals surface area contributed by atoms with Crippen molar-refractivity contribution in [3.05, 3.63) is 78.1 Å². The Morgan fingerprint density at radius 3 is 2.65 bits per heavy atom. The highest BCUT2D eigenvalue weighted by Crippen LogP contribution is 2.38. The van der Waals surface area contributed by atoms with Gasteiger partial charge in [0.25, 0.3) is 0 Å². The lowest BCUT2D eigenvalue weighted by Gasteiger charge is -2.24. The molecule has 172 valence electrons. The van der Waals surface area contributed by atoms with E-state index in [0.717, 1.165) is 48.6 Å². The number of benzene rings is 2. The molecule has 1 amide bonds. The van der Waals surface area contributed by atoms with Gasteiger partial charge in [0.2, 0.25) is 5.91 Å². The monoisotopic (exact) mass is 469 g/mol. The quantitative estimate of drug-likeness (QED) is 0.345. The highest BCUT2D eigenvalue weighted by Gasteiger charge is 2.29. The lowest BCUT2D eigenvalue weighted by molar-refractivity contribution is -0.125. The topological polar surface area (TPSA) is 71.8 Å². The van der Waals surface area contributed by atoms with Crippen molar-refractivity contribution in [2.75, 3.05) is 12.4 Å². The van der Waals surface area contributed by atoms with E-state index < -0.39 is 5.41 Å². The number of aromatic nitrogens is 3. The summed E-state index contributed by atoms with van der Waals surface area (Å²) in [4.78, 5) is 23.4. The molecule has 0 bridgehead atoms. The number of aryl methyl sites for hydroxylation is 1. The molecular formula is C27H27N5OS. The first kappa shape index (κ1) is 22.1. The number of nitrogens with zero attached hydrogens (tertiary/aromatic N) is 3. The average Bonchev–Trinajstić information content (AvgIpc) is 3.46. The predicted molar refractivity (Wildman–Crippen MR) is 140 cm³/mol. The molecule has 7 heteroatoms. The Kier molecular flexibility index (Phi) is 5.57. The van der Waals surface area contributed by atoms with Crippen LogP contribution in [-0.4, -0.2) is 27.5 Å². The summed E-state index contributed by atoms with van der Waals surface area (Å²) in [6, 6.07) is 20.3. The van der Waals surface area contributed by atoms with Crippen molar-refractivity contribution in [3.63, 3.8) is 0 Å². The summed E-state index contributed by atoms with van der Waals surface area (Å²) in [5.74, 6) is 0.790. The number of pyridine rings is 1. The maximum Gasteiger partial charge on any atom is 0.230 e. The Morgan fingerprint density at radius 2 is 1.88 bits per heavy atom. The van der Waals surface area contributed by atoms with E-state index in [1.165, 1.54) is 0 Å². The first-order valence-electron chi connectivity index (χ1n) is 11.2. The van der Waals surface area contributed by atoms with Crippen LogP contribution < -0.4 is 10.6 Å². The van der Waals surface area contributed by atoms with E-state index in [4.69, 9.17) is 4.98 Å². The van der Waals surface area contributed by atoms with Gasteiger partial charge in [-0.1, -0.05) is 48.5 Å². The van der Waals surface area contributed by atoms with Crippen molar-refractivity contribution in [1.29, 1.82) is 0 Å². The van der Waals surface area contributed by atoms with Crippen LogP contribution in [-0.2, 0) is 23.8 Å². The zero-order valence-corrected chi connectivity index (χ0v) is 20.5. The third-order valence-corrected chi connectivity index (χ3v) is 7.47. The molecule has 0 radical (unpaired) electrons. The van der Waals surface area contributed by atoms with Crippen molar-refractivity contribution in [2.45, 2.75) is 25.8 Å². The average molecular weight is 470 g/mol. The largest absolute Gasteiger partial charge is 0.371 e. The van der Waals surface area contributed by atoms with Crippen LogP contribution in [0.5, 0.6) is 0 Å². The number of nitrogens with one attached hydrogen (secondary N) is 2. The van der Waals surface area contributed by atoms with Crippen LogP contribution in [0.25, 0.3) is 31.7 Å². The molecule has 0 saturated heterocycles. The molecule has 0 fully saturated rings. The van der Waals surface area contributed by atoms with Gasteiger partial charge in [0.15, 0.2) is 5.82 Å². The van der Waals surface area contributed by atoms with Gasteiger partial charge in [-0.25, -0.2) is 9.97 Å². The van der Waals surface area contributed by atoms with Gasteiger partial charge >= 0.3 is 0 Å². The van der Waals surface area contributed by atoms with Crippen LogP contribution in [0.2, 0.25) is 0 Å². The Labute approximate surface area is 202 Å². The molecule has 5 aromatic rings. The fourth-order valence-corrected chi connectivity index (χ4v) is 5.40. The Bertz CT molecular complexity index is 1500. The summed E-state index contributed by atoms with van der Waals surface area (Å²) in [6.07, 6.45) is 1.83. The predicted octanol–water partition coefficient (Wildman–Crippen LogP) is 5.49. The van der Waals surface area contributed by atoms with E-state index in [1.807, 2.05) is 81.3 Å². The number of thiophene rings is 1. The highest BCUT2D eigenvalue weighted by atomic mass is 32.1. The first-order valence-corrected chi connectivity index (χ1v) is 12.1. The second-order valence-electron chi connectivity index (χ2n) is 8.96. The zero-order valence-electron chi connectivity index (χ0n) is 19.7. The summed E-state index contributed by atoms with van der Waals surface area (Å²) in [5.41, 5.74) is 5.47. The molecular weight excluding hydrogens is 442 g/mol. The minimum atomic E-state index is -0.602. The normalized spacial score (nSPS) is 11.8. The number of hydrogen-bond donors (Lipinski definition) is 2. The second kappa shape index (κ2) is 8.57. The van der Waals surface area contributed by atoms with Crippen LogP contribution in [0, 0.1) is 0 Å². The van der Waals surface area contributed by atoms with Gasteiger partial charge in [-0.05, 0) is 42.7 Å². The number of rotatable bonds is 6. The van der Waals surface area contributed by atoms with Crippen molar-refractivity contribution in [1.82, 2.24) is 19.9 Å². The molecule has 0 unspecified atom stereocenters. The van der Waals surface area contributed by atoms with Gasteiger partial charge in [0, 0.05) is 25.5 Å². The van der Waals surface area contributed by atoms with E-state index in [-0.39, 0.29) is 5.91 Å². The fourth-order valence-electron chi connectivity index (χ4n) is 4.22. The molecule has 0 saturated carbocycles. The minimum Gasteiger partial charge on any atom is -0.371 e. The number of anilines is 1. The standard InChI is InChI=1S/C27H27N5OS/c1-27(2,19-11-6-5-7-12-19)26(33)29-15-17-9-8-10-18(13-17)21-14-20-24(34-21)23-22(25(28-3)31-20)30-16-32(23)4/h5-14,16H,15H2,1-4H3,(H,28,31)(H,29,33). The number of carbonyl (C=O) groups excluding carboxylic acids is 1. The number of hydrogen-bond acceptors (Lipinski definition) is 5. The van der Waals surface area contributed by atoms with Crippen LogP contribution >= 0.6 is 11.3 Å². The van der Waals surface area contributed by atoms with E-state index >= 15 is 0 Å². The van der Waals surface area contributed by atoms with Gasteiger partial charge in [-0.3, -0.25) is 4.79 Å². The molecule has 6 nitrogen and oxygen atoms in total. The zero-order chi connectivity index (χ0) is 23.9. The third kappa shape index (κ3) is 3.82. The summed E-state index contributed by atoms with van der Waals surface area (Å²) < 4.78 is 3.16. The molecule has 0 aliphatic heterocycles. The van der Waals surface area contributed by atoms with Crippen molar-refractivity contribution >= 4 is 44.3 Å². The lowest BCUT2D eigenvalue weighted by atomic mass is 9.84. The van der Waals surface area contributed by atoms with Gasteiger partial charge in [-0.2, -0.15) is 0 Å². The van der Waals surface area contributed by atoms with Crippen molar-refractivity contribution < 1.29 is 4.79 Å². The van der Waals surface area contributed by atoms with Gasteiger partial charge in [-0.15, -0.1) is 11.3 Å². The van der Waals surface area contributed by atoms with E-state index in [2.05, 4.69) is 33.8 Å². The molecule has 0 spiro atoms. The molecule has 0 aliphatic carbocycles. The van der Waals surface area contributed by atoms with E-state index in [1.54, 1.807) is 11.3 Å². The van der Waals surface area contributed by atoms with Crippen molar-refractivity contribution in [2.24, 2.45) is 7.05 Å². The van der Waals surface area contributed by atoms with Crippen LogP contribution in [0.1, 0.15) is 25.0 Å². The molecule has 5 rings (SSSR count). The fraction of sp³-hybridized carbons (Fsp3) is 0.222. The second-order valence-corrected chi connectivity index (χ2v) is 10.0. The maximum atomic E-state index is 13.0. The summed E-state index contributed by atoms with van der Waals surface area (Å²) >= 11 is 1.71.